The van der Waals surface area contributed by atoms with E-state index in [0.717, 1.165) is 11.8 Å². The lowest BCUT2D eigenvalue weighted by molar-refractivity contribution is 0.0909. The van der Waals surface area contributed by atoms with Gasteiger partial charge < -0.3 is 10.4 Å². The average molecular weight is 139 g/mol. The normalized spacial score (nSPS) is 63.9. The second kappa shape index (κ2) is 1.56. The molecular formula is C8H13NO. The Hall–Kier alpha value is -0.0800. The first kappa shape index (κ1) is 5.56. The maximum absolute atomic E-state index is 9.64. The van der Waals surface area contributed by atoms with Crippen LogP contribution in [0.15, 0.2) is 0 Å². The van der Waals surface area contributed by atoms with Gasteiger partial charge in [0.25, 0.3) is 0 Å². The van der Waals surface area contributed by atoms with Crippen molar-refractivity contribution < 1.29 is 5.11 Å². The van der Waals surface area contributed by atoms with Gasteiger partial charge in [-0.3, -0.25) is 0 Å². The molecule has 56 valence electrons. The van der Waals surface area contributed by atoms with Crippen molar-refractivity contribution in [3.8, 4) is 0 Å². The summed E-state index contributed by atoms with van der Waals surface area (Å²) in [6, 6.07) is 0.476. The molecule has 0 unspecified atom stereocenters. The van der Waals surface area contributed by atoms with Crippen molar-refractivity contribution in [1.29, 1.82) is 0 Å². The molecule has 1 saturated heterocycles. The predicted octanol–water partition coefficient (Wildman–Crippen LogP) is -0.0249. The Morgan fingerprint density at radius 1 is 1.20 bits per heavy atom. The van der Waals surface area contributed by atoms with Crippen molar-refractivity contribution >= 4 is 0 Å². The van der Waals surface area contributed by atoms with Crippen LogP contribution in [-0.4, -0.2) is 23.8 Å². The molecular weight excluding hydrogens is 126 g/mol. The highest BCUT2D eigenvalue weighted by Crippen LogP contribution is 2.51. The van der Waals surface area contributed by atoms with Crippen LogP contribution in [0.2, 0.25) is 0 Å². The number of nitrogens with one attached hydrogen (secondary N) is 1. The highest BCUT2D eigenvalue weighted by Gasteiger charge is 2.55. The minimum Gasteiger partial charge on any atom is -0.391 e. The zero-order valence-corrected chi connectivity index (χ0v) is 5.96. The van der Waals surface area contributed by atoms with Crippen LogP contribution in [0.4, 0.5) is 0 Å². The third kappa shape index (κ3) is 0.453. The van der Waals surface area contributed by atoms with E-state index in [-0.39, 0.29) is 6.10 Å². The lowest BCUT2D eigenvalue weighted by Crippen LogP contribution is -2.37. The van der Waals surface area contributed by atoms with E-state index in [0.29, 0.717) is 12.0 Å². The molecule has 2 bridgehead atoms. The Morgan fingerprint density at radius 3 is 2.80 bits per heavy atom. The molecule has 2 nitrogen and oxygen atoms in total. The zero-order chi connectivity index (χ0) is 6.72. The van der Waals surface area contributed by atoms with Gasteiger partial charge in [0.2, 0.25) is 0 Å². The maximum atomic E-state index is 9.64. The zero-order valence-electron chi connectivity index (χ0n) is 5.96. The second-order valence-electron chi connectivity index (χ2n) is 4.08. The van der Waals surface area contributed by atoms with Gasteiger partial charge in [0.1, 0.15) is 0 Å². The standard InChI is InChI=1S/C8H13NO/c10-8-4-1-5-3-9-7(8)6(5)2-4/h4-10H,1-3H2/t4-,5+,6+,7+,8-/m0/s1. The largest absolute Gasteiger partial charge is 0.391 e. The summed E-state index contributed by atoms with van der Waals surface area (Å²) in [5, 5.41) is 13.1. The minimum absolute atomic E-state index is 0.0104. The van der Waals surface area contributed by atoms with Crippen LogP contribution in [0.5, 0.6) is 0 Å². The van der Waals surface area contributed by atoms with Crippen molar-refractivity contribution in [3.63, 3.8) is 0 Å². The summed E-state index contributed by atoms with van der Waals surface area (Å²) in [5.74, 6) is 2.40. The first-order valence-corrected chi connectivity index (χ1v) is 4.28. The van der Waals surface area contributed by atoms with Crippen LogP contribution in [0, 0.1) is 17.8 Å². The van der Waals surface area contributed by atoms with Crippen LogP contribution in [0.25, 0.3) is 0 Å². The van der Waals surface area contributed by atoms with Crippen molar-refractivity contribution in [3.05, 3.63) is 0 Å². The van der Waals surface area contributed by atoms with Crippen LogP contribution >= 0.6 is 0 Å². The van der Waals surface area contributed by atoms with Crippen LogP contribution in [-0.2, 0) is 0 Å². The molecule has 2 N–H and O–H groups in total. The number of hydrogen-bond acceptors (Lipinski definition) is 2. The van der Waals surface area contributed by atoms with Gasteiger partial charge >= 0.3 is 0 Å². The number of fused-ring (bicyclic) bond motifs is 1. The molecule has 3 fully saturated rings. The van der Waals surface area contributed by atoms with E-state index in [4.69, 9.17) is 0 Å². The summed E-state index contributed by atoms with van der Waals surface area (Å²) < 4.78 is 0. The fraction of sp³-hybridized carbons (Fsp3) is 1.00. The van der Waals surface area contributed by atoms with Gasteiger partial charge in [0.15, 0.2) is 0 Å². The number of hydrogen-bond donors (Lipinski definition) is 2. The van der Waals surface area contributed by atoms with E-state index in [1.165, 1.54) is 19.4 Å². The number of rotatable bonds is 0. The van der Waals surface area contributed by atoms with Gasteiger partial charge in [-0.2, -0.15) is 0 Å². The Bertz CT molecular complexity index is 169. The highest BCUT2D eigenvalue weighted by atomic mass is 16.3. The van der Waals surface area contributed by atoms with E-state index < -0.39 is 0 Å². The van der Waals surface area contributed by atoms with Crippen molar-refractivity contribution in [2.75, 3.05) is 6.54 Å². The van der Waals surface area contributed by atoms with Gasteiger partial charge in [-0.1, -0.05) is 0 Å². The molecule has 2 heteroatoms. The molecule has 3 aliphatic rings. The van der Waals surface area contributed by atoms with Gasteiger partial charge in [-0.05, 0) is 37.1 Å². The summed E-state index contributed by atoms with van der Waals surface area (Å²) in [4.78, 5) is 0. The summed E-state index contributed by atoms with van der Waals surface area (Å²) in [7, 11) is 0. The second-order valence-corrected chi connectivity index (χ2v) is 4.08. The van der Waals surface area contributed by atoms with E-state index in [2.05, 4.69) is 5.32 Å². The molecule has 2 aliphatic carbocycles. The number of aliphatic hydroxyl groups excluding tert-OH is 1. The Kier molecular flexibility index (Phi) is 0.868. The monoisotopic (exact) mass is 139 g/mol. The van der Waals surface area contributed by atoms with Gasteiger partial charge in [-0.15, -0.1) is 0 Å². The predicted molar refractivity (Wildman–Crippen MR) is 37.5 cm³/mol. The molecule has 0 aromatic heterocycles. The van der Waals surface area contributed by atoms with E-state index >= 15 is 0 Å². The van der Waals surface area contributed by atoms with Crippen molar-refractivity contribution in [2.24, 2.45) is 17.8 Å². The van der Waals surface area contributed by atoms with Gasteiger partial charge in [0, 0.05) is 6.04 Å². The van der Waals surface area contributed by atoms with E-state index in [1.807, 2.05) is 0 Å². The Morgan fingerprint density at radius 2 is 2.10 bits per heavy atom. The third-order valence-electron chi connectivity index (χ3n) is 3.71. The fourth-order valence-corrected chi connectivity index (χ4v) is 3.26. The molecule has 3 rings (SSSR count). The van der Waals surface area contributed by atoms with Crippen molar-refractivity contribution in [2.45, 2.75) is 25.0 Å². The fourth-order valence-electron chi connectivity index (χ4n) is 3.26. The minimum atomic E-state index is -0.0104. The van der Waals surface area contributed by atoms with Crippen molar-refractivity contribution in [1.82, 2.24) is 5.32 Å². The quantitative estimate of drug-likeness (QED) is 0.494. The highest BCUT2D eigenvalue weighted by molar-refractivity contribution is 5.09. The summed E-state index contributed by atoms with van der Waals surface area (Å²) in [6.07, 6.45) is 2.57. The van der Waals surface area contributed by atoms with Crippen LogP contribution < -0.4 is 5.32 Å². The average Bonchev–Trinajstić information content (AvgIpc) is 2.43. The first-order valence-electron chi connectivity index (χ1n) is 4.28. The summed E-state index contributed by atoms with van der Waals surface area (Å²) in [5.41, 5.74) is 0. The summed E-state index contributed by atoms with van der Waals surface area (Å²) >= 11 is 0. The molecule has 5 atom stereocenters. The summed E-state index contributed by atoms with van der Waals surface area (Å²) in [6.45, 7) is 1.17. The Balaban J connectivity index is 2.00. The first-order chi connectivity index (χ1) is 4.86. The molecule has 0 radical (unpaired) electrons. The van der Waals surface area contributed by atoms with Gasteiger partial charge in [-0.25, -0.2) is 0 Å². The molecule has 0 spiro atoms. The molecule has 2 saturated carbocycles. The van der Waals surface area contributed by atoms with E-state index in [1.54, 1.807) is 0 Å². The van der Waals surface area contributed by atoms with Gasteiger partial charge in [0.05, 0.1) is 6.10 Å². The molecule has 0 aromatic rings. The van der Waals surface area contributed by atoms with Crippen LogP contribution in [0.3, 0.4) is 0 Å². The molecule has 1 heterocycles. The molecule has 10 heavy (non-hydrogen) atoms. The smallest absolute Gasteiger partial charge is 0.0724 e. The topological polar surface area (TPSA) is 32.3 Å². The van der Waals surface area contributed by atoms with Crippen LogP contribution in [0.1, 0.15) is 12.8 Å². The number of aliphatic hydroxyl groups is 1. The van der Waals surface area contributed by atoms with E-state index in [9.17, 15) is 5.11 Å². The third-order valence-corrected chi connectivity index (χ3v) is 3.71. The molecule has 0 amide bonds. The molecule has 1 aliphatic heterocycles. The lowest BCUT2D eigenvalue weighted by atomic mass is 9.88. The SMILES string of the molecule is O[C@H]1[C@H]2C[C@@H]3CN[C@@H]1[C@@H]3C2. The Labute approximate surface area is 60.6 Å². The molecule has 0 aromatic carbocycles. The lowest BCUT2D eigenvalue weighted by Gasteiger charge is -2.22. The maximum Gasteiger partial charge on any atom is 0.0724 e.